The van der Waals surface area contributed by atoms with Crippen molar-refractivity contribution in [3.05, 3.63) is 29.8 Å². The first-order valence-electron chi connectivity index (χ1n) is 6.49. The molecule has 1 N–H and O–H groups in total. The topological polar surface area (TPSA) is 21.3 Å². The van der Waals surface area contributed by atoms with Gasteiger partial charge in [-0.15, -0.1) is 0 Å². The average molecular weight is 293 g/mol. The van der Waals surface area contributed by atoms with E-state index in [4.69, 9.17) is 4.74 Å². The zero-order valence-electron chi connectivity index (χ0n) is 11.5. The van der Waals surface area contributed by atoms with Gasteiger partial charge in [-0.3, -0.25) is 0 Å². The maximum absolute atomic E-state index is 12.8. The van der Waals surface area contributed by atoms with Crippen molar-refractivity contribution in [2.75, 3.05) is 13.2 Å². The Hall–Kier alpha value is -1.30. The number of ether oxygens (including phenoxy) is 1. The van der Waals surface area contributed by atoms with Crippen LogP contribution < -0.4 is 10.1 Å². The summed E-state index contributed by atoms with van der Waals surface area (Å²) in [5, 5.41) is 2.41. The molecular weight excluding hydrogens is 274 g/mol. The Bertz CT molecular complexity index is 395. The summed E-state index contributed by atoms with van der Waals surface area (Å²) in [6.45, 7) is 3.18. The summed E-state index contributed by atoms with van der Waals surface area (Å²) < 4.78 is 55.0. The lowest BCUT2D eigenvalue weighted by Gasteiger charge is -2.20. The van der Waals surface area contributed by atoms with E-state index in [9.17, 15) is 17.6 Å². The Balaban J connectivity index is 2.53. The molecule has 0 spiro atoms. The lowest BCUT2D eigenvalue weighted by molar-refractivity contribution is -0.126. The minimum Gasteiger partial charge on any atom is -0.494 e. The minimum atomic E-state index is -4.02. The zero-order valence-corrected chi connectivity index (χ0v) is 11.5. The third-order valence-corrected chi connectivity index (χ3v) is 2.82. The summed E-state index contributed by atoms with van der Waals surface area (Å²) in [5.74, 6) is -3.32. The van der Waals surface area contributed by atoms with Crippen LogP contribution in [0.3, 0.4) is 0 Å². The van der Waals surface area contributed by atoms with Gasteiger partial charge >= 0.3 is 12.3 Å². The van der Waals surface area contributed by atoms with Crippen LogP contribution >= 0.6 is 0 Å². The molecule has 0 saturated heterocycles. The van der Waals surface area contributed by atoms with Gasteiger partial charge in [-0.25, -0.2) is 8.78 Å². The number of hydrogen-bond acceptors (Lipinski definition) is 2. The van der Waals surface area contributed by atoms with Crippen molar-refractivity contribution in [3.8, 4) is 5.75 Å². The van der Waals surface area contributed by atoms with E-state index in [1.807, 2.05) is 6.92 Å². The Kier molecular flexibility index (Phi) is 6.26. The highest BCUT2D eigenvalue weighted by Crippen LogP contribution is 2.23. The largest absolute Gasteiger partial charge is 0.494 e. The van der Waals surface area contributed by atoms with Crippen molar-refractivity contribution in [3.63, 3.8) is 0 Å². The molecule has 1 aromatic carbocycles. The van der Waals surface area contributed by atoms with Gasteiger partial charge in [-0.1, -0.05) is 19.1 Å². The second-order valence-electron chi connectivity index (χ2n) is 4.58. The van der Waals surface area contributed by atoms with Crippen molar-refractivity contribution < 1.29 is 22.3 Å². The number of nitrogens with one attached hydrogen (secondary N) is 1. The van der Waals surface area contributed by atoms with Crippen molar-refractivity contribution in [2.24, 2.45) is 0 Å². The van der Waals surface area contributed by atoms with Gasteiger partial charge in [-0.2, -0.15) is 8.78 Å². The highest BCUT2D eigenvalue weighted by molar-refractivity contribution is 5.28. The fourth-order valence-corrected chi connectivity index (χ4v) is 1.56. The molecule has 2 nitrogen and oxygen atoms in total. The lowest BCUT2D eigenvalue weighted by atomic mass is 10.1. The highest BCUT2D eigenvalue weighted by atomic mass is 19.3. The molecule has 0 heterocycles. The average Bonchev–Trinajstić information content (AvgIpc) is 2.43. The van der Waals surface area contributed by atoms with Crippen molar-refractivity contribution >= 4 is 0 Å². The maximum atomic E-state index is 12.8. The van der Waals surface area contributed by atoms with E-state index in [2.05, 4.69) is 5.32 Å². The zero-order chi connectivity index (χ0) is 15.2. The molecule has 1 unspecified atom stereocenters. The molecule has 6 heteroatoms. The van der Waals surface area contributed by atoms with Crippen LogP contribution in [0.5, 0.6) is 5.75 Å². The molecule has 0 aliphatic rings. The Labute approximate surface area is 116 Å². The van der Waals surface area contributed by atoms with Gasteiger partial charge in [0.1, 0.15) is 5.75 Å². The summed E-state index contributed by atoms with van der Waals surface area (Å²) >= 11 is 0. The summed E-state index contributed by atoms with van der Waals surface area (Å²) in [6, 6.07) is 6.47. The van der Waals surface area contributed by atoms with Crippen LogP contribution in [0.4, 0.5) is 17.6 Å². The number of hydrogen-bond donors (Lipinski definition) is 1. The molecule has 1 aromatic rings. The van der Waals surface area contributed by atoms with E-state index >= 15 is 0 Å². The lowest BCUT2D eigenvalue weighted by Crippen LogP contribution is -2.39. The SMILES string of the molecule is CCCOc1ccc(C(C)NCC(F)(F)C(F)F)cc1. The molecule has 0 bridgehead atoms. The monoisotopic (exact) mass is 293 g/mol. The number of rotatable bonds is 8. The molecule has 0 saturated carbocycles. The first-order chi connectivity index (χ1) is 9.36. The molecule has 0 fully saturated rings. The second kappa shape index (κ2) is 7.47. The predicted molar refractivity (Wildman–Crippen MR) is 69.6 cm³/mol. The molecule has 0 amide bonds. The van der Waals surface area contributed by atoms with Crippen LogP contribution in [0.25, 0.3) is 0 Å². The third-order valence-electron chi connectivity index (χ3n) is 2.82. The first-order valence-corrected chi connectivity index (χ1v) is 6.49. The summed E-state index contributed by atoms with van der Waals surface area (Å²) in [7, 11) is 0. The second-order valence-corrected chi connectivity index (χ2v) is 4.58. The van der Waals surface area contributed by atoms with Gasteiger partial charge in [0.25, 0.3) is 0 Å². The molecule has 0 aliphatic heterocycles. The molecule has 0 aromatic heterocycles. The van der Waals surface area contributed by atoms with E-state index in [-0.39, 0.29) is 0 Å². The fourth-order valence-electron chi connectivity index (χ4n) is 1.56. The van der Waals surface area contributed by atoms with Gasteiger partial charge in [0.15, 0.2) is 0 Å². The predicted octanol–water partition coefficient (Wildman–Crippen LogP) is 4.03. The fraction of sp³-hybridized carbons (Fsp3) is 0.571. The van der Waals surface area contributed by atoms with Crippen molar-refractivity contribution in [1.29, 1.82) is 0 Å². The van der Waals surface area contributed by atoms with Crippen LogP contribution in [-0.4, -0.2) is 25.5 Å². The number of alkyl halides is 4. The quantitative estimate of drug-likeness (QED) is 0.731. The normalized spacial score (nSPS) is 13.6. The van der Waals surface area contributed by atoms with Gasteiger partial charge in [0.2, 0.25) is 0 Å². The molecule has 1 atom stereocenters. The molecule has 0 aliphatic carbocycles. The van der Waals surface area contributed by atoms with E-state index < -0.39 is 24.9 Å². The minimum absolute atomic E-state index is 0.445. The van der Waals surface area contributed by atoms with Crippen molar-refractivity contribution in [1.82, 2.24) is 5.32 Å². The van der Waals surface area contributed by atoms with Crippen molar-refractivity contribution in [2.45, 2.75) is 38.7 Å². The van der Waals surface area contributed by atoms with Crippen LogP contribution in [0.2, 0.25) is 0 Å². The van der Waals surface area contributed by atoms with Crippen LogP contribution in [0.1, 0.15) is 31.9 Å². The number of benzene rings is 1. The van der Waals surface area contributed by atoms with Gasteiger partial charge in [0.05, 0.1) is 13.2 Å². The van der Waals surface area contributed by atoms with E-state index in [0.717, 1.165) is 12.0 Å². The van der Waals surface area contributed by atoms with Crippen LogP contribution in [0.15, 0.2) is 24.3 Å². The Morgan fingerprint density at radius 1 is 1.20 bits per heavy atom. The van der Waals surface area contributed by atoms with Gasteiger partial charge < -0.3 is 10.1 Å². The Morgan fingerprint density at radius 2 is 1.80 bits per heavy atom. The smallest absolute Gasteiger partial charge is 0.319 e. The molecule has 1 rings (SSSR count). The summed E-state index contributed by atoms with van der Waals surface area (Å²) in [6.07, 6.45) is -2.77. The van der Waals surface area contributed by atoms with E-state index in [1.165, 1.54) is 0 Å². The van der Waals surface area contributed by atoms with Gasteiger partial charge in [-0.05, 0) is 31.0 Å². The summed E-state index contributed by atoms with van der Waals surface area (Å²) in [5.41, 5.74) is 0.735. The van der Waals surface area contributed by atoms with Gasteiger partial charge in [0, 0.05) is 6.04 Å². The Morgan fingerprint density at radius 3 is 2.30 bits per heavy atom. The summed E-state index contributed by atoms with van der Waals surface area (Å²) in [4.78, 5) is 0. The first kappa shape index (κ1) is 16.8. The standard InChI is InChI=1S/C14H19F4NO/c1-3-8-20-12-6-4-11(5-7-12)10(2)19-9-14(17,18)13(15)16/h4-7,10,13,19H,3,8-9H2,1-2H3. The third kappa shape index (κ3) is 5.00. The van der Waals surface area contributed by atoms with Crippen LogP contribution in [-0.2, 0) is 0 Å². The molecular formula is C14H19F4NO. The highest BCUT2D eigenvalue weighted by Gasteiger charge is 2.40. The molecule has 20 heavy (non-hydrogen) atoms. The van der Waals surface area contributed by atoms with Crippen LogP contribution in [0, 0.1) is 0 Å². The van der Waals surface area contributed by atoms with E-state index in [1.54, 1.807) is 31.2 Å². The molecule has 114 valence electrons. The maximum Gasteiger partial charge on any atom is 0.319 e. The molecule has 0 radical (unpaired) electrons. The van der Waals surface area contributed by atoms with E-state index in [0.29, 0.717) is 12.4 Å². The number of halogens is 4.